The number of anilines is 1. The van der Waals surface area contributed by atoms with Crippen LogP contribution in [-0.2, 0) is 14.3 Å². The maximum Gasteiger partial charge on any atom is 0.358 e. The molecule has 1 unspecified atom stereocenters. The lowest BCUT2D eigenvalue weighted by Crippen LogP contribution is -2.12. The minimum absolute atomic E-state index is 0.132. The molecular weight excluding hydrogens is 344 g/mol. The molecule has 7 nitrogen and oxygen atoms in total. The molecule has 0 aliphatic rings. The van der Waals surface area contributed by atoms with Gasteiger partial charge in [0.1, 0.15) is 0 Å². The number of aliphatic hydroxyl groups is 1. The van der Waals surface area contributed by atoms with E-state index in [9.17, 15) is 14.7 Å². The third-order valence-electron chi connectivity index (χ3n) is 3.02. The number of hydrogen-bond donors (Lipinski definition) is 2. The number of esters is 1. The molecule has 1 heterocycles. The normalized spacial score (nSPS) is 12.1. The van der Waals surface area contributed by atoms with E-state index in [4.69, 9.17) is 9.47 Å². The zero-order chi connectivity index (χ0) is 18.2. The second-order valence-corrected chi connectivity index (χ2v) is 5.75. The standard InChI is InChI=1S/C17H18N2O5S/c1-3-24-13(21)10-9-12(20)18-17-19-14(16(22)23-2)15(25-17)11-7-5-4-6-8-11/h4-10,13,21H,3H2,1-2H3,(H,18,19,20)/b10-9+. The molecule has 1 aromatic carbocycles. The van der Waals surface area contributed by atoms with Gasteiger partial charge >= 0.3 is 5.97 Å². The van der Waals surface area contributed by atoms with Gasteiger partial charge in [-0.05, 0) is 18.6 Å². The first-order valence-corrected chi connectivity index (χ1v) is 8.30. The van der Waals surface area contributed by atoms with Crippen LogP contribution in [0.2, 0.25) is 0 Å². The number of aliphatic hydroxyl groups excluding tert-OH is 1. The van der Waals surface area contributed by atoms with Gasteiger partial charge in [-0.15, -0.1) is 0 Å². The maximum absolute atomic E-state index is 11.9. The summed E-state index contributed by atoms with van der Waals surface area (Å²) in [6, 6.07) is 9.21. The Morgan fingerprint density at radius 1 is 1.36 bits per heavy atom. The smallest absolute Gasteiger partial charge is 0.358 e. The van der Waals surface area contributed by atoms with E-state index < -0.39 is 18.2 Å². The van der Waals surface area contributed by atoms with Crippen LogP contribution in [0, 0.1) is 0 Å². The lowest BCUT2D eigenvalue weighted by Gasteiger charge is -2.03. The van der Waals surface area contributed by atoms with Crippen molar-refractivity contribution in [3.63, 3.8) is 0 Å². The van der Waals surface area contributed by atoms with Crippen LogP contribution < -0.4 is 5.32 Å². The number of rotatable bonds is 7. The van der Waals surface area contributed by atoms with E-state index in [1.54, 1.807) is 6.92 Å². The van der Waals surface area contributed by atoms with E-state index in [1.807, 2.05) is 30.3 Å². The van der Waals surface area contributed by atoms with Gasteiger partial charge in [-0.25, -0.2) is 9.78 Å². The van der Waals surface area contributed by atoms with Crippen molar-refractivity contribution < 1.29 is 24.2 Å². The topological polar surface area (TPSA) is 97.8 Å². The summed E-state index contributed by atoms with van der Waals surface area (Å²) in [4.78, 5) is 28.6. The van der Waals surface area contributed by atoms with Crippen molar-refractivity contribution in [2.45, 2.75) is 13.2 Å². The van der Waals surface area contributed by atoms with Gasteiger partial charge in [-0.3, -0.25) is 10.1 Å². The molecule has 0 aliphatic heterocycles. The molecule has 2 rings (SSSR count). The molecule has 0 aliphatic carbocycles. The van der Waals surface area contributed by atoms with Crippen molar-refractivity contribution in [3.05, 3.63) is 48.2 Å². The molecule has 1 amide bonds. The van der Waals surface area contributed by atoms with Gasteiger partial charge in [0.15, 0.2) is 17.1 Å². The van der Waals surface area contributed by atoms with E-state index in [0.29, 0.717) is 11.5 Å². The summed E-state index contributed by atoms with van der Waals surface area (Å²) in [6.45, 7) is 2.05. The van der Waals surface area contributed by atoms with Gasteiger partial charge in [0.25, 0.3) is 0 Å². The number of carbonyl (C=O) groups excluding carboxylic acids is 2. The molecular formula is C17H18N2O5S. The monoisotopic (exact) mass is 362 g/mol. The molecule has 0 saturated heterocycles. The van der Waals surface area contributed by atoms with Crippen molar-refractivity contribution in [1.29, 1.82) is 0 Å². The van der Waals surface area contributed by atoms with Crippen LogP contribution in [0.25, 0.3) is 10.4 Å². The molecule has 2 aromatic rings. The number of nitrogens with one attached hydrogen (secondary N) is 1. The summed E-state index contributed by atoms with van der Waals surface area (Å²) in [5, 5.41) is 12.2. The van der Waals surface area contributed by atoms with Crippen molar-refractivity contribution in [2.75, 3.05) is 19.0 Å². The number of hydrogen-bond acceptors (Lipinski definition) is 7. The fourth-order valence-electron chi connectivity index (χ4n) is 1.94. The first-order valence-electron chi connectivity index (χ1n) is 7.48. The minimum atomic E-state index is -1.16. The van der Waals surface area contributed by atoms with Crippen LogP contribution >= 0.6 is 11.3 Å². The molecule has 25 heavy (non-hydrogen) atoms. The minimum Gasteiger partial charge on any atom is -0.464 e. The second-order valence-electron chi connectivity index (χ2n) is 4.75. The third kappa shape index (κ3) is 5.21. The summed E-state index contributed by atoms with van der Waals surface area (Å²) in [7, 11) is 1.27. The van der Waals surface area contributed by atoms with Crippen molar-refractivity contribution >= 4 is 28.3 Å². The summed E-state index contributed by atoms with van der Waals surface area (Å²) in [5.74, 6) is -1.08. The number of aromatic nitrogens is 1. The van der Waals surface area contributed by atoms with E-state index in [1.165, 1.54) is 13.2 Å². The maximum atomic E-state index is 11.9. The van der Waals surface area contributed by atoms with Crippen LogP contribution in [0.15, 0.2) is 42.5 Å². The van der Waals surface area contributed by atoms with E-state index in [0.717, 1.165) is 23.0 Å². The lowest BCUT2D eigenvalue weighted by atomic mass is 10.1. The molecule has 8 heteroatoms. The highest BCUT2D eigenvalue weighted by atomic mass is 32.1. The largest absolute Gasteiger partial charge is 0.464 e. The number of amides is 1. The molecule has 0 saturated carbocycles. The van der Waals surface area contributed by atoms with Gasteiger partial charge in [0.2, 0.25) is 5.91 Å². The Hall–Kier alpha value is -2.55. The van der Waals surface area contributed by atoms with Crippen molar-refractivity contribution in [2.24, 2.45) is 0 Å². The molecule has 0 radical (unpaired) electrons. The predicted octanol–water partition coefficient (Wildman–Crippen LogP) is 2.45. The zero-order valence-electron chi connectivity index (χ0n) is 13.8. The van der Waals surface area contributed by atoms with Crippen LogP contribution in [0.1, 0.15) is 17.4 Å². The fraction of sp³-hybridized carbons (Fsp3) is 0.235. The highest BCUT2D eigenvalue weighted by molar-refractivity contribution is 7.19. The quantitative estimate of drug-likeness (QED) is 0.446. The Morgan fingerprint density at radius 2 is 2.08 bits per heavy atom. The van der Waals surface area contributed by atoms with Crippen LogP contribution in [-0.4, -0.2) is 42.0 Å². The number of benzene rings is 1. The van der Waals surface area contributed by atoms with Crippen molar-refractivity contribution in [1.82, 2.24) is 4.98 Å². The van der Waals surface area contributed by atoms with Crippen LogP contribution in [0.4, 0.5) is 5.13 Å². The molecule has 0 fully saturated rings. The Kier molecular flexibility index (Phi) is 6.81. The molecule has 1 aromatic heterocycles. The van der Waals surface area contributed by atoms with Gasteiger partial charge in [0, 0.05) is 12.7 Å². The first-order chi connectivity index (χ1) is 12.0. The van der Waals surface area contributed by atoms with E-state index in [-0.39, 0.29) is 10.8 Å². The predicted molar refractivity (Wildman–Crippen MR) is 94.3 cm³/mol. The molecule has 0 bridgehead atoms. The van der Waals surface area contributed by atoms with Crippen molar-refractivity contribution in [3.8, 4) is 10.4 Å². The Morgan fingerprint density at radius 3 is 2.72 bits per heavy atom. The Labute approximate surface area is 148 Å². The summed E-state index contributed by atoms with van der Waals surface area (Å²) in [5.41, 5.74) is 0.926. The SMILES string of the molecule is CCOC(O)/C=C/C(=O)Nc1nc(C(=O)OC)c(-c2ccccc2)s1. The number of nitrogens with zero attached hydrogens (tertiary/aromatic N) is 1. The average molecular weight is 362 g/mol. The van der Waals surface area contributed by atoms with E-state index >= 15 is 0 Å². The summed E-state index contributed by atoms with van der Waals surface area (Å²) < 4.78 is 9.64. The zero-order valence-corrected chi connectivity index (χ0v) is 14.6. The fourth-order valence-corrected chi connectivity index (χ4v) is 2.90. The third-order valence-corrected chi connectivity index (χ3v) is 4.04. The number of methoxy groups -OCH3 is 1. The van der Waals surface area contributed by atoms with E-state index in [2.05, 4.69) is 10.3 Å². The molecule has 132 valence electrons. The summed E-state index contributed by atoms with van der Waals surface area (Å²) in [6.07, 6.45) is 1.20. The van der Waals surface area contributed by atoms with Crippen LogP contribution in [0.5, 0.6) is 0 Å². The molecule has 2 N–H and O–H groups in total. The highest BCUT2D eigenvalue weighted by Gasteiger charge is 2.20. The number of thiazole rings is 1. The van der Waals surface area contributed by atoms with Gasteiger partial charge < -0.3 is 14.6 Å². The van der Waals surface area contributed by atoms with Crippen LogP contribution in [0.3, 0.4) is 0 Å². The number of ether oxygens (including phenoxy) is 2. The first kappa shape index (κ1) is 18.8. The Balaban J connectivity index is 2.21. The Bertz CT molecular complexity index is 758. The lowest BCUT2D eigenvalue weighted by molar-refractivity contribution is -0.112. The number of carbonyl (C=O) groups is 2. The average Bonchev–Trinajstić information content (AvgIpc) is 3.04. The van der Waals surface area contributed by atoms with Gasteiger partial charge in [-0.1, -0.05) is 41.7 Å². The molecule has 1 atom stereocenters. The van der Waals surface area contributed by atoms with Gasteiger partial charge in [0.05, 0.1) is 12.0 Å². The second kappa shape index (κ2) is 9.07. The van der Waals surface area contributed by atoms with Gasteiger partial charge in [-0.2, -0.15) is 0 Å². The highest BCUT2D eigenvalue weighted by Crippen LogP contribution is 2.33. The summed E-state index contributed by atoms with van der Waals surface area (Å²) >= 11 is 1.16. The molecule has 0 spiro atoms.